The molecule has 2 aliphatic rings. The molecule has 162 valence electrons. The lowest BCUT2D eigenvalue weighted by Crippen LogP contribution is -2.45. The molecule has 0 aromatic heterocycles. The molecule has 1 fully saturated rings. The SMILES string of the molecule is COc1ccc(CC[C@]2(C)NC(=O)N(CC(=O)NCCC3=CCCCC3)C2=O)cc1. The topological polar surface area (TPSA) is 87.7 Å². The van der Waals surface area contributed by atoms with Gasteiger partial charge in [0.15, 0.2) is 0 Å². The first-order chi connectivity index (χ1) is 14.4. The zero-order valence-corrected chi connectivity index (χ0v) is 17.8. The Kier molecular flexibility index (Phi) is 7.13. The van der Waals surface area contributed by atoms with E-state index in [1.807, 2.05) is 24.3 Å². The highest BCUT2D eigenvalue weighted by Crippen LogP contribution is 2.24. The third kappa shape index (κ3) is 5.40. The predicted octanol–water partition coefficient (Wildman–Crippen LogP) is 2.95. The number of allylic oxidation sites excluding steroid dienone is 1. The average Bonchev–Trinajstić information content (AvgIpc) is 2.97. The lowest BCUT2D eigenvalue weighted by Gasteiger charge is -2.21. The monoisotopic (exact) mass is 413 g/mol. The van der Waals surface area contributed by atoms with E-state index < -0.39 is 11.6 Å². The van der Waals surface area contributed by atoms with Crippen molar-refractivity contribution in [3.8, 4) is 5.75 Å². The molecule has 1 aromatic carbocycles. The quantitative estimate of drug-likeness (QED) is 0.481. The number of benzene rings is 1. The standard InChI is InChI=1S/C23H31N3O4/c1-23(14-12-18-8-10-19(30-2)11-9-18)21(28)26(22(29)25-23)16-20(27)24-15-13-17-6-4-3-5-7-17/h6,8-11H,3-5,7,12-16H2,1-2H3,(H,24,27)(H,25,29)/t23-/m0/s1. The number of rotatable bonds is 9. The smallest absolute Gasteiger partial charge is 0.325 e. The van der Waals surface area contributed by atoms with Gasteiger partial charge in [-0.2, -0.15) is 0 Å². The fraction of sp³-hybridized carbons (Fsp3) is 0.522. The molecule has 0 bridgehead atoms. The van der Waals surface area contributed by atoms with E-state index in [2.05, 4.69) is 16.7 Å². The van der Waals surface area contributed by atoms with Crippen molar-refractivity contribution in [2.24, 2.45) is 0 Å². The molecule has 1 aliphatic heterocycles. The summed E-state index contributed by atoms with van der Waals surface area (Å²) in [5.41, 5.74) is 1.42. The third-order valence-corrected chi connectivity index (χ3v) is 5.87. The van der Waals surface area contributed by atoms with Crippen LogP contribution in [0.3, 0.4) is 0 Å². The van der Waals surface area contributed by atoms with Crippen LogP contribution in [-0.2, 0) is 16.0 Å². The first-order valence-corrected chi connectivity index (χ1v) is 10.6. The van der Waals surface area contributed by atoms with Crippen molar-refractivity contribution in [2.45, 2.75) is 57.4 Å². The summed E-state index contributed by atoms with van der Waals surface area (Å²) in [4.78, 5) is 38.5. The number of amides is 4. The number of urea groups is 1. The van der Waals surface area contributed by atoms with Gasteiger partial charge in [-0.1, -0.05) is 23.8 Å². The van der Waals surface area contributed by atoms with E-state index in [1.165, 1.54) is 18.4 Å². The number of aryl methyl sites for hydroxylation is 1. The van der Waals surface area contributed by atoms with Gasteiger partial charge in [0.25, 0.3) is 5.91 Å². The van der Waals surface area contributed by atoms with Crippen LogP contribution < -0.4 is 15.4 Å². The van der Waals surface area contributed by atoms with Gasteiger partial charge in [-0.25, -0.2) is 4.79 Å². The van der Waals surface area contributed by atoms with Gasteiger partial charge >= 0.3 is 6.03 Å². The summed E-state index contributed by atoms with van der Waals surface area (Å²) in [6, 6.07) is 7.11. The maximum absolute atomic E-state index is 12.8. The normalized spacial score (nSPS) is 21.3. The number of imide groups is 1. The number of ether oxygens (including phenoxy) is 1. The molecule has 0 saturated carbocycles. The number of nitrogens with one attached hydrogen (secondary N) is 2. The Balaban J connectivity index is 1.48. The summed E-state index contributed by atoms with van der Waals surface area (Å²) >= 11 is 0. The lowest BCUT2D eigenvalue weighted by atomic mass is 9.93. The highest BCUT2D eigenvalue weighted by atomic mass is 16.5. The van der Waals surface area contributed by atoms with E-state index >= 15 is 0 Å². The first-order valence-electron chi connectivity index (χ1n) is 10.6. The molecule has 7 nitrogen and oxygen atoms in total. The molecule has 4 amide bonds. The van der Waals surface area contributed by atoms with Crippen molar-refractivity contribution in [2.75, 3.05) is 20.2 Å². The first kappa shape index (κ1) is 21.9. The maximum Gasteiger partial charge on any atom is 0.325 e. The van der Waals surface area contributed by atoms with Crippen molar-refractivity contribution in [3.05, 3.63) is 41.5 Å². The predicted molar refractivity (Wildman–Crippen MR) is 114 cm³/mol. The second-order valence-corrected chi connectivity index (χ2v) is 8.21. The minimum Gasteiger partial charge on any atom is -0.497 e. The van der Waals surface area contributed by atoms with Gasteiger partial charge in [0.05, 0.1) is 7.11 Å². The number of methoxy groups -OCH3 is 1. The van der Waals surface area contributed by atoms with Crippen LogP contribution in [0.1, 0.15) is 51.0 Å². The van der Waals surface area contributed by atoms with Crippen molar-refractivity contribution >= 4 is 17.8 Å². The van der Waals surface area contributed by atoms with E-state index in [-0.39, 0.29) is 18.4 Å². The molecular formula is C23H31N3O4. The summed E-state index contributed by atoms with van der Waals surface area (Å²) in [5, 5.41) is 5.59. The Bertz CT molecular complexity index is 818. The number of nitrogens with zero attached hydrogens (tertiary/aromatic N) is 1. The number of carbonyl (C=O) groups is 3. The Labute approximate surface area is 177 Å². The lowest BCUT2D eigenvalue weighted by molar-refractivity contribution is -0.134. The Morgan fingerprint density at radius 3 is 2.63 bits per heavy atom. The summed E-state index contributed by atoms with van der Waals surface area (Å²) in [7, 11) is 1.61. The van der Waals surface area contributed by atoms with Crippen LogP contribution in [0.25, 0.3) is 0 Å². The van der Waals surface area contributed by atoms with E-state index in [1.54, 1.807) is 14.0 Å². The second kappa shape index (κ2) is 9.78. The molecule has 1 atom stereocenters. The molecular weight excluding hydrogens is 382 g/mol. The molecule has 2 N–H and O–H groups in total. The summed E-state index contributed by atoms with van der Waals surface area (Å²) in [5.74, 6) is 0.104. The van der Waals surface area contributed by atoms with Crippen molar-refractivity contribution in [1.29, 1.82) is 0 Å². The largest absolute Gasteiger partial charge is 0.497 e. The second-order valence-electron chi connectivity index (χ2n) is 8.21. The highest BCUT2D eigenvalue weighted by molar-refractivity contribution is 6.08. The van der Waals surface area contributed by atoms with Gasteiger partial charge in [-0.05, 0) is 69.6 Å². The van der Waals surface area contributed by atoms with Gasteiger partial charge in [-0.3, -0.25) is 14.5 Å². The van der Waals surface area contributed by atoms with Gasteiger partial charge in [0.1, 0.15) is 17.8 Å². The summed E-state index contributed by atoms with van der Waals surface area (Å²) in [6.07, 6.45) is 8.80. The molecule has 0 radical (unpaired) electrons. The molecule has 0 unspecified atom stereocenters. The van der Waals surface area contributed by atoms with Crippen LogP contribution in [0.5, 0.6) is 5.75 Å². The molecule has 1 aliphatic carbocycles. The van der Waals surface area contributed by atoms with Crippen LogP contribution in [0.15, 0.2) is 35.9 Å². The molecule has 3 rings (SSSR count). The van der Waals surface area contributed by atoms with E-state index in [0.29, 0.717) is 19.4 Å². The van der Waals surface area contributed by atoms with Crippen LogP contribution in [-0.4, -0.2) is 48.5 Å². The Morgan fingerprint density at radius 2 is 1.97 bits per heavy atom. The summed E-state index contributed by atoms with van der Waals surface area (Å²) in [6.45, 7) is 2.00. The Morgan fingerprint density at radius 1 is 1.20 bits per heavy atom. The number of hydrogen-bond acceptors (Lipinski definition) is 4. The minimum absolute atomic E-state index is 0.248. The molecule has 7 heteroatoms. The third-order valence-electron chi connectivity index (χ3n) is 5.87. The molecule has 1 heterocycles. The van der Waals surface area contributed by atoms with E-state index in [0.717, 1.165) is 35.5 Å². The van der Waals surface area contributed by atoms with Crippen LogP contribution in [0, 0.1) is 0 Å². The van der Waals surface area contributed by atoms with Crippen molar-refractivity contribution in [1.82, 2.24) is 15.5 Å². The van der Waals surface area contributed by atoms with Gasteiger partial charge in [0, 0.05) is 6.54 Å². The molecule has 0 spiro atoms. The highest BCUT2D eigenvalue weighted by Gasteiger charge is 2.47. The molecule has 30 heavy (non-hydrogen) atoms. The van der Waals surface area contributed by atoms with Crippen LogP contribution in [0.2, 0.25) is 0 Å². The number of hydrogen-bond donors (Lipinski definition) is 2. The van der Waals surface area contributed by atoms with E-state index in [9.17, 15) is 14.4 Å². The Hall–Kier alpha value is -2.83. The van der Waals surface area contributed by atoms with Crippen LogP contribution in [0.4, 0.5) is 4.79 Å². The van der Waals surface area contributed by atoms with Crippen molar-refractivity contribution < 1.29 is 19.1 Å². The average molecular weight is 414 g/mol. The van der Waals surface area contributed by atoms with Gasteiger partial charge in [-0.15, -0.1) is 0 Å². The minimum atomic E-state index is -1.01. The van der Waals surface area contributed by atoms with Crippen LogP contribution >= 0.6 is 0 Å². The summed E-state index contributed by atoms with van der Waals surface area (Å²) < 4.78 is 5.15. The zero-order valence-electron chi connectivity index (χ0n) is 17.8. The fourth-order valence-electron chi connectivity index (χ4n) is 3.94. The van der Waals surface area contributed by atoms with Crippen molar-refractivity contribution in [3.63, 3.8) is 0 Å². The molecule has 1 saturated heterocycles. The fourth-order valence-corrected chi connectivity index (χ4v) is 3.94. The maximum atomic E-state index is 12.8. The molecule has 1 aromatic rings. The zero-order chi connectivity index (χ0) is 21.6. The number of carbonyl (C=O) groups excluding carboxylic acids is 3. The van der Waals surface area contributed by atoms with Gasteiger partial charge < -0.3 is 15.4 Å². The van der Waals surface area contributed by atoms with Gasteiger partial charge in [0.2, 0.25) is 5.91 Å². The van der Waals surface area contributed by atoms with E-state index in [4.69, 9.17) is 4.74 Å².